The van der Waals surface area contributed by atoms with Crippen molar-refractivity contribution in [1.82, 2.24) is 0 Å². The Morgan fingerprint density at radius 1 is 1.27 bits per heavy atom. The van der Waals surface area contributed by atoms with Crippen LogP contribution in [0, 0.1) is 5.82 Å². The van der Waals surface area contributed by atoms with Crippen molar-refractivity contribution in [1.29, 1.82) is 0 Å². The van der Waals surface area contributed by atoms with Gasteiger partial charge in [-0.1, -0.05) is 28.8 Å². The first-order chi connectivity index (χ1) is 7.18. The van der Waals surface area contributed by atoms with Crippen LogP contribution in [0.4, 0.5) is 4.39 Å². The standard InChI is InChI=1S/C12H14BrFO/c13-8-5-6-11(14)10(7-8)9-3-1-2-4-12(9)15/h5-7,9,12,15H,1-4H2. The Bertz CT molecular complexity index is 353. The van der Waals surface area contributed by atoms with Gasteiger partial charge in [-0.15, -0.1) is 0 Å². The summed E-state index contributed by atoms with van der Waals surface area (Å²) in [5.41, 5.74) is 0.650. The highest BCUT2D eigenvalue weighted by atomic mass is 79.9. The Hall–Kier alpha value is -0.410. The normalized spacial score (nSPS) is 26.6. The lowest BCUT2D eigenvalue weighted by Gasteiger charge is -2.28. The van der Waals surface area contributed by atoms with Gasteiger partial charge < -0.3 is 5.11 Å². The quantitative estimate of drug-likeness (QED) is 0.828. The summed E-state index contributed by atoms with van der Waals surface area (Å²) in [6.45, 7) is 0. The van der Waals surface area contributed by atoms with Gasteiger partial charge in [0.15, 0.2) is 0 Å². The van der Waals surface area contributed by atoms with Crippen molar-refractivity contribution in [3.8, 4) is 0 Å². The van der Waals surface area contributed by atoms with Crippen LogP contribution in [-0.4, -0.2) is 11.2 Å². The summed E-state index contributed by atoms with van der Waals surface area (Å²) in [6, 6.07) is 4.93. The minimum Gasteiger partial charge on any atom is -0.392 e. The van der Waals surface area contributed by atoms with Crippen molar-refractivity contribution >= 4 is 15.9 Å². The molecule has 0 bridgehead atoms. The lowest BCUT2D eigenvalue weighted by atomic mass is 9.81. The number of benzene rings is 1. The molecule has 0 radical (unpaired) electrons. The molecule has 82 valence electrons. The van der Waals surface area contributed by atoms with Crippen LogP contribution in [0.1, 0.15) is 37.2 Å². The van der Waals surface area contributed by atoms with E-state index >= 15 is 0 Å². The smallest absolute Gasteiger partial charge is 0.126 e. The van der Waals surface area contributed by atoms with E-state index in [1.165, 1.54) is 6.07 Å². The molecular formula is C12H14BrFO. The van der Waals surface area contributed by atoms with E-state index in [1.807, 2.05) is 0 Å². The fraction of sp³-hybridized carbons (Fsp3) is 0.500. The number of halogens is 2. The predicted octanol–water partition coefficient (Wildman–Crippen LogP) is 3.61. The summed E-state index contributed by atoms with van der Waals surface area (Å²) >= 11 is 3.33. The molecule has 2 rings (SSSR count). The maximum atomic E-state index is 13.6. The third kappa shape index (κ3) is 2.40. The molecule has 0 saturated heterocycles. The maximum absolute atomic E-state index is 13.6. The van der Waals surface area contributed by atoms with Crippen LogP contribution in [0.2, 0.25) is 0 Å². The molecule has 15 heavy (non-hydrogen) atoms. The molecule has 3 heteroatoms. The predicted molar refractivity (Wildman–Crippen MR) is 61.3 cm³/mol. The summed E-state index contributed by atoms with van der Waals surface area (Å²) in [6.07, 6.45) is 3.41. The molecular weight excluding hydrogens is 259 g/mol. The first-order valence-electron chi connectivity index (χ1n) is 5.31. The maximum Gasteiger partial charge on any atom is 0.126 e. The van der Waals surface area contributed by atoms with Crippen LogP contribution >= 0.6 is 15.9 Å². The van der Waals surface area contributed by atoms with Crippen LogP contribution in [0.5, 0.6) is 0 Å². The van der Waals surface area contributed by atoms with Gasteiger partial charge in [0.05, 0.1) is 6.10 Å². The number of hydrogen-bond acceptors (Lipinski definition) is 1. The average Bonchev–Trinajstić information content (AvgIpc) is 2.23. The van der Waals surface area contributed by atoms with Gasteiger partial charge in [0.1, 0.15) is 5.82 Å². The largest absolute Gasteiger partial charge is 0.392 e. The summed E-state index contributed by atoms with van der Waals surface area (Å²) in [7, 11) is 0. The van der Waals surface area contributed by atoms with E-state index < -0.39 is 0 Å². The van der Waals surface area contributed by atoms with E-state index in [9.17, 15) is 9.50 Å². The Kier molecular flexibility index (Phi) is 3.42. The van der Waals surface area contributed by atoms with E-state index in [0.29, 0.717) is 5.56 Å². The van der Waals surface area contributed by atoms with Crippen molar-refractivity contribution in [3.05, 3.63) is 34.1 Å². The summed E-state index contributed by atoms with van der Waals surface area (Å²) in [5.74, 6) is -0.236. The van der Waals surface area contributed by atoms with Crippen LogP contribution in [0.3, 0.4) is 0 Å². The van der Waals surface area contributed by atoms with Gasteiger partial charge in [0, 0.05) is 10.4 Å². The zero-order valence-corrected chi connectivity index (χ0v) is 10.0. The SMILES string of the molecule is OC1CCCCC1c1cc(Br)ccc1F. The highest BCUT2D eigenvalue weighted by Crippen LogP contribution is 2.35. The molecule has 0 aliphatic heterocycles. The Morgan fingerprint density at radius 2 is 2.00 bits per heavy atom. The van der Waals surface area contributed by atoms with Gasteiger partial charge in [-0.05, 0) is 36.6 Å². The van der Waals surface area contributed by atoms with Gasteiger partial charge >= 0.3 is 0 Å². The molecule has 1 fully saturated rings. The summed E-state index contributed by atoms with van der Waals surface area (Å²) in [5, 5.41) is 9.86. The molecule has 0 spiro atoms. The van der Waals surface area contributed by atoms with E-state index in [2.05, 4.69) is 15.9 Å². The summed E-state index contributed by atoms with van der Waals surface area (Å²) < 4.78 is 14.5. The first kappa shape index (κ1) is 11.1. The third-order valence-corrected chi connectivity index (χ3v) is 3.58. The van der Waals surface area contributed by atoms with Crippen molar-refractivity contribution in [3.63, 3.8) is 0 Å². The molecule has 1 aliphatic rings. The number of aliphatic hydroxyl groups is 1. The average molecular weight is 273 g/mol. The van der Waals surface area contributed by atoms with Gasteiger partial charge in [0.2, 0.25) is 0 Å². The lowest BCUT2D eigenvalue weighted by molar-refractivity contribution is 0.104. The molecule has 1 saturated carbocycles. The minimum atomic E-state index is -0.387. The van der Waals surface area contributed by atoms with Gasteiger partial charge in [-0.3, -0.25) is 0 Å². The molecule has 1 aromatic rings. The molecule has 1 N–H and O–H groups in total. The third-order valence-electron chi connectivity index (χ3n) is 3.09. The first-order valence-corrected chi connectivity index (χ1v) is 6.11. The minimum absolute atomic E-state index is 0.0312. The summed E-state index contributed by atoms with van der Waals surface area (Å²) in [4.78, 5) is 0. The molecule has 1 aliphatic carbocycles. The van der Waals surface area contributed by atoms with Crippen LogP contribution in [0.25, 0.3) is 0 Å². The van der Waals surface area contributed by atoms with E-state index in [-0.39, 0.29) is 17.8 Å². The molecule has 1 aromatic carbocycles. The molecule has 0 amide bonds. The van der Waals surface area contributed by atoms with Crippen LogP contribution in [-0.2, 0) is 0 Å². The van der Waals surface area contributed by atoms with Crippen molar-refractivity contribution < 1.29 is 9.50 Å². The van der Waals surface area contributed by atoms with Gasteiger partial charge in [0.25, 0.3) is 0 Å². The Labute approximate surface area is 97.4 Å². The second kappa shape index (κ2) is 4.62. The molecule has 0 aromatic heterocycles. The Balaban J connectivity index is 2.30. The zero-order chi connectivity index (χ0) is 10.8. The van der Waals surface area contributed by atoms with Crippen LogP contribution in [0.15, 0.2) is 22.7 Å². The number of aliphatic hydroxyl groups excluding tert-OH is 1. The van der Waals surface area contributed by atoms with Crippen molar-refractivity contribution in [2.75, 3.05) is 0 Å². The molecule has 2 atom stereocenters. The Morgan fingerprint density at radius 3 is 2.73 bits per heavy atom. The fourth-order valence-corrected chi connectivity index (χ4v) is 2.65. The van der Waals surface area contributed by atoms with Gasteiger partial charge in [-0.2, -0.15) is 0 Å². The molecule has 2 unspecified atom stereocenters. The topological polar surface area (TPSA) is 20.2 Å². The van der Waals surface area contributed by atoms with Crippen molar-refractivity contribution in [2.24, 2.45) is 0 Å². The monoisotopic (exact) mass is 272 g/mol. The fourth-order valence-electron chi connectivity index (χ4n) is 2.27. The highest BCUT2D eigenvalue weighted by molar-refractivity contribution is 9.10. The van der Waals surface area contributed by atoms with E-state index in [0.717, 1.165) is 30.2 Å². The molecule has 1 nitrogen and oxygen atoms in total. The van der Waals surface area contributed by atoms with E-state index in [4.69, 9.17) is 0 Å². The number of hydrogen-bond donors (Lipinski definition) is 1. The lowest BCUT2D eigenvalue weighted by Crippen LogP contribution is -2.23. The second-order valence-electron chi connectivity index (χ2n) is 4.12. The van der Waals surface area contributed by atoms with Gasteiger partial charge in [-0.25, -0.2) is 4.39 Å². The van der Waals surface area contributed by atoms with Crippen molar-refractivity contribution in [2.45, 2.75) is 37.7 Å². The highest BCUT2D eigenvalue weighted by Gasteiger charge is 2.26. The van der Waals surface area contributed by atoms with E-state index in [1.54, 1.807) is 12.1 Å². The second-order valence-corrected chi connectivity index (χ2v) is 5.04. The zero-order valence-electron chi connectivity index (χ0n) is 8.42. The van der Waals surface area contributed by atoms with Crippen LogP contribution < -0.4 is 0 Å². The number of rotatable bonds is 1. The molecule has 0 heterocycles.